The van der Waals surface area contributed by atoms with Crippen LogP contribution in [0.5, 0.6) is 0 Å². The first kappa shape index (κ1) is 8.55. The van der Waals surface area contributed by atoms with Crippen molar-refractivity contribution in [2.45, 2.75) is 45.6 Å². The Kier molecular flexibility index (Phi) is 2.16. The van der Waals surface area contributed by atoms with Crippen molar-refractivity contribution in [1.29, 1.82) is 0 Å². The van der Waals surface area contributed by atoms with Crippen LogP contribution in [0.1, 0.15) is 39.5 Å². The van der Waals surface area contributed by atoms with Crippen LogP contribution in [0.15, 0.2) is 0 Å². The topological polar surface area (TPSA) is 26.0 Å². The summed E-state index contributed by atoms with van der Waals surface area (Å²) in [4.78, 5) is 0. The van der Waals surface area contributed by atoms with Gasteiger partial charge in [-0.3, -0.25) is 0 Å². The summed E-state index contributed by atoms with van der Waals surface area (Å²) in [5.41, 5.74) is 6.03. The van der Waals surface area contributed by atoms with Gasteiger partial charge in [0.25, 0.3) is 0 Å². The van der Waals surface area contributed by atoms with E-state index in [1.807, 2.05) is 0 Å². The third-order valence-electron chi connectivity index (χ3n) is 4.13. The molecule has 70 valence electrons. The molecule has 2 rings (SSSR count). The molecular formula is C11H21N. The quantitative estimate of drug-likeness (QED) is 0.589. The monoisotopic (exact) mass is 167 g/mol. The number of hydrogen-bond donors (Lipinski definition) is 1. The van der Waals surface area contributed by atoms with E-state index in [0.717, 1.165) is 23.7 Å². The molecule has 5 atom stereocenters. The summed E-state index contributed by atoms with van der Waals surface area (Å²) in [6.07, 6.45) is 5.47. The Hall–Kier alpha value is -0.0400. The van der Waals surface area contributed by atoms with Crippen molar-refractivity contribution < 1.29 is 0 Å². The van der Waals surface area contributed by atoms with Crippen LogP contribution in [0.3, 0.4) is 0 Å². The maximum Gasteiger partial charge on any atom is 0.00442 e. The fourth-order valence-corrected chi connectivity index (χ4v) is 3.75. The van der Waals surface area contributed by atoms with Crippen molar-refractivity contribution in [3.05, 3.63) is 0 Å². The normalized spacial score (nSPS) is 53.8. The molecule has 0 bridgehead atoms. The van der Waals surface area contributed by atoms with Crippen molar-refractivity contribution in [3.8, 4) is 0 Å². The fraction of sp³-hybridized carbons (Fsp3) is 1.00. The van der Waals surface area contributed by atoms with E-state index in [-0.39, 0.29) is 0 Å². The second-order valence-electron chi connectivity index (χ2n) is 5.10. The number of rotatable bonds is 0. The molecule has 5 unspecified atom stereocenters. The van der Waals surface area contributed by atoms with Gasteiger partial charge in [-0.2, -0.15) is 0 Å². The molecule has 0 aliphatic heterocycles. The molecule has 0 amide bonds. The molecule has 12 heavy (non-hydrogen) atoms. The SMILES string of the molecule is CC1CCC2CC(N)CC(C)C12. The molecule has 0 saturated heterocycles. The Labute approximate surface area is 75.7 Å². The van der Waals surface area contributed by atoms with E-state index in [1.165, 1.54) is 25.7 Å². The van der Waals surface area contributed by atoms with E-state index in [2.05, 4.69) is 13.8 Å². The van der Waals surface area contributed by atoms with Crippen LogP contribution in [0.2, 0.25) is 0 Å². The third-order valence-corrected chi connectivity index (χ3v) is 4.13. The Balaban J connectivity index is 2.09. The zero-order valence-corrected chi connectivity index (χ0v) is 8.29. The van der Waals surface area contributed by atoms with Gasteiger partial charge in [-0.25, -0.2) is 0 Å². The number of hydrogen-bond acceptors (Lipinski definition) is 1. The smallest absolute Gasteiger partial charge is 0.00442 e. The summed E-state index contributed by atoms with van der Waals surface area (Å²) >= 11 is 0. The molecule has 0 radical (unpaired) electrons. The first-order valence-electron chi connectivity index (χ1n) is 5.44. The van der Waals surface area contributed by atoms with Crippen molar-refractivity contribution in [2.24, 2.45) is 29.4 Å². The molecule has 0 aromatic heterocycles. The second kappa shape index (κ2) is 3.02. The van der Waals surface area contributed by atoms with E-state index in [4.69, 9.17) is 5.73 Å². The molecule has 1 heteroatoms. The van der Waals surface area contributed by atoms with Gasteiger partial charge < -0.3 is 5.73 Å². The number of nitrogens with two attached hydrogens (primary N) is 1. The highest BCUT2D eigenvalue weighted by Gasteiger charge is 2.41. The molecule has 2 aliphatic rings. The minimum Gasteiger partial charge on any atom is -0.328 e. The summed E-state index contributed by atoms with van der Waals surface area (Å²) in [6, 6.07) is 0.506. The van der Waals surface area contributed by atoms with Gasteiger partial charge in [0.1, 0.15) is 0 Å². The predicted molar refractivity (Wildman–Crippen MR) is 51.8 cm³/mol. The minimum atomic E-state index is 0.506. The molecule has 2 saturated carbocycles. The summed E-state index contributed by atoms with van der Waals surface area (Å²) in [5, 5.41) is 0. The number of fused-ring (bicyclic) bond motifs is 1. The van der Waals surface area contributed by atoms with Crippen molar-refractivity contribution in [1.82, 2.24) is 0 Å². The summed E-state index contributed by atoms with van der Waals surface area (Å²) in [6.45, 7) is 4.83. The summed E-state index contributed by atoms with van der Waals surface area (Å²) in [5.74, 6) is 3.83. The lowest BCUT2D eigenvalue weighted by Gasteiger charge is -2.37. The summed E-state index contributed by atoms with van der Waals surface area (Å²) in [7, 11) is 0. The van der Waals surface area contributed by atoms with Crippen LogP contribution in [-0.4, -0.2) is 6.04 Å². The van der Waals surface area contributed by atoms with Crippen LogP contribution < -0.4 is 5.73 Å². The molecule has 2 fully saturated rings. The fourth-order valence-electron chi connectivity index (χ4n) is 3.75. The highest BCUT2D eigenvalue weighted by molar-refractivity contribution is 4.92. The first-order valence-corrected chi connectivity index (χ1v) is 5.44. The first-order chi connectivity index (χ1) is 5.68. The highest BCUT2D eigenvalue weighted by Crippen LogP contribution is 2.47. The highest BCUT2D eigenvalue weighted by atomic mass is 14.7. The van der Waals surface area contributed by atoms with Gasteiger partial charge in [0, 0.05) is 6.04 Å². The standard InChI is InChI=1S/C11H21N/c1-7-3-4-9-6-10(12)5-8(2)11(7)9/h7-11H,3-6,12H2,1-2H3. The van der Waals surface area contributed by atoms with E-state index in [0.29, 0.717) is 6.04 Å². The van der Waals surface area contributed by atoms with Gasteiger partial charge in [-0.15, -0.1) is 0 Å². The molecule has 0 aromatic carbocycles. The van der Waals surface area contributed by atoms with Gasteiger partial charge in [0.05, 0.1) is 0 Å². The predicted octanol–water partition coefficient (Wildman–Crippen LogP) is 2.41. The van der Waals surface area contributed by atoms with Crippen molar-refractivity contribution in [3.63, 3.8) is 0 Å². The minimum absolute atomic E-state index is 0.506. The largest absolute Gasteiger partial charge is 0.328 e. The average molecular weight is 167 g/mol. The average Bonchev–Trinajstić information content (AvgIpc) is 2.31. The molecule has 1 nitrogen and oxygen atoms in total. The molecular weight excluding hydrogens is 146 g/mol. The summed E-state index contributed by atoms with van der Waals surface area (Å²) < 4.78 is 0. The van der Waals surface area contributed by atoms with Gasteiger partial charge in [0.2, 0.25) is 0 Å². The zero-order valence-electron chi connectivity index (χ0n) is 8.29. The Morgan fingerprint density at radius 3 is 2.50 bits per heavy atom. The third kappa shape index (κ3) is 1.28. The van der Waals surface area contributed by atoms with Crippen molar-refractivity contribution in [2.75, 3.05) is 0 Å². The Morgan fingerprint density at radius 2 is 1.75 bits per heavy atom. The lowest BCUT2D eigenvalue weighted by atomic mass is 9.70. The molecule has 2 aliphatic carbocycles. The van der Waals surface area contributed by atoms with Gasteiger partial charge in [0.15, 0.2) is 0 Å². The Bertz CT molecular complexity index is 166. The molecule has 0 spiro atoms. The Morgan fingerprint density at radius 1 is 1.00 bits per heavy atom. The van der Waals surface area contributed by atoms with E-state index < -0.39 is 0 Å². The maximum atomic E-state index is 6.03. The second-order valence-corrected chi connectivity index (χ2v) is 5.10. The van der Waals surface area contributed by atoms with Crippen LogP contribution in [0.25, 0.3) is 0 Å². The maximum absolute atomic E-state index is 6.03. The molecule has 2 N–H and O–H groups in total. The van der Waals surface area contributed by atoms with Crippen LogP contribution in [-0.2, 0) is 0 Å². The lowest BCUT2D eigenvalue weighted by molar-refractivity contribution is 0.146. The lowest BCUT2D eigenvalue weighted by Crippen LogP contribution is -2.37. The van der Waals surface area contributed by atoms with Crippen LogP contribution in [0, 0.1) is 23.7 Å². The van der Waals surface area contributed by atoms with Crippen molar-refractivity contribution >= 4 is 0 Å². The van der Waals surface area contributed by atoms with E-state index >= 15 is 0 Å². The zero-order chi connectivity index (χ0) is 8.72. The molecule has 0 heterocycles. The van der Waals surface area contributed by atoms with E-state index in [1.54, 1.807) is 0 Å². The van der Waals surface area contributed by atoms with E-state index in [9.17, 15) is 0 Å². The molecule has 0 aromatic rings. The van der Waals surface area contributed by atoms with Gasteiger partial charge in [-0.05, 0) is 42.9 Å². The van der Waals surface area contributed by atoms with Crippen LogP contribution in [0.4, 0.5) is 0 Å². The van der Waals surface area contributed by atoms with Gasteiger partial charge in [-0.1, -0.05) is 20.3 Å². The van der Waals surface area contributed by atoms with Gasteiger partial charge >= 0.3 is 0 Å². The van der Waals surface area contributed by atoms with Crippen LogP contribution >= 0.6 is 0 Å².